The van der Waals surface area contributed by atoms with Gasteiger partial charge in [-0.25, -0.2) is 9.97 Å². The molecule has 0 aliphatic heterocycles. The lowest BCUT2D eigenvalue weighted by Gasteiger charge is -2.14. The highest BCUT2D eigenvalue weighted by Gasteiger charge is 2.24. The molecule has 4 nitrogen and oxygen atoms in total. The van der Waals surface area contributed by atoms with Crippen LogP contribution in [0.5, 0.6) is 0 Å². The zero-order valence-electron chi connectivity index (χ0n) is 10.8. The summed E-state index contributed by atoms with van der Waals surface area (Å²) in [5, 5.41) is 3.47. The summed E-state index contributed by atoms with van der Waals surface area (Å²) in [6, 6.07) is 2.53. The zero-order valence-corrected chi connectivity index (χ0v) is 10.8. The van der Waals surface area contributed by atoms with E-state index in [0.29, 0.717) is 18.1 Å². The van der Waals surface area contributed by atoms with Crippen LogP contribution in [0.1, 0.15) is 44.7 Å². The first kappa shape index (κ1) is 12.3. The number of nitrogens with one attached hydrogen (secondary N) is 1. The molecule has 2 rings (SSSR count). The number of anilines is 1. The van der Waals surface area contributed by atoms with Gasteiger partial charge >= 0.3 is 0 Å². The Morgan fingerprint density at radius 2 is 2.18 bits per heavy atom. The summed E-state index contributed by atoms with van der Waals surface area (Å²) in [6.45, 7) is 4.28. The summed E-state index contributed by atoms with van der Waals surface area (Å²) in [5.74, 6) is 1.37. The summed E-state index contributed by atoms with van der Waals surface area (Å²) in [6.07, 6.45) is 5.40. The van der Waals surface area contributed by atoms with E-state index in [1.165, 1.54) is 0 Å². The van der Waals surface area contributed by atoms with Crippen LogP contribution in [0, 0.1) is 0 Å². The van der Waals surface area contributed by atoms with Gasteiger partial charge in [0.15, 0.2) is 0 Å². The van der Waals surface area contributed by atoms with Gasteiger partial charge in [-0.1, -0.05) is 13.8 Å². The smallest absolute Gasteiger partial charge is 0.129 e. The Hall–Kier alpha value is -1.16. The van der Waals surface area contributed by atoms with Crippen LogP contribution < -0.4 is 5.32 Å². The Morgan fingerprint density at radius 3 is 2.82 bits per heavy atom. The van der Waals surface area contributed by atoms with Gasteiger partial charge in [-0.15, -0.1) is 0 Å². The topological polar surface area (TPSA) is 47.0 Å². The van der Waals surface area contributed by atoms with Crippen LogP contribution in [0.25, 0.3) is 0 Å². The summed E-state index contributed by atoms with van der Waals surface area (Å²) in [4.78, 5) is 8.54. The maximum absolute atomic E-state index is 5.37. The Balaban J connectivity index is 1.97. The van der Waals surface area contributed by atoms with Crippen LogP contribution >= 0.6 is 0 Å². The third-order valence-electron chi connectivity index (χ3n) is 3.35. The van der Waals surface area contributed by atoms with E-state index in [1.54, 1.807) is 13.4 Å². The molecule has 1 heterocycles. The number of hydrogen-bond acceptors (Lipinski definition) is 4. The molecule has 1 aliphatic carbocycles. The average Bonchev–Trinajstić information content (AvgIpc) is 2.77. The van der Waals surface area contributed by atoms with Gasteiger partial charge in [-0.2, -0.15) is 0 Å². The van der Waals surface area contributed by atoms with Gasteiger partial charge in [0.25, 0.3) is 0 Å². The summed E-state index contributed by atoms with van der Waals surface area (Å²) in [7, 11) is 1.79. The molecule has 1 aromatic heterocycles. The van der Waals surface area contributed by atoms with Crippen LogP contribution in [0.2, 0.25) is 0 Å². The van der Waals surface area contributed by atoms with Crippen molar-refractivity contribution in [2.45, 2.75) is 51.2 Å². The molecule has 17 heavy (non-hydrogen) atoms. The molecule has 0 bridgehead atoms. The molecule has 2 unspecified atom stereocenters. The third-order valence-corrected chi connectivity index (χ3v) is 3.35. The standard InChI is InChI=1S/C13H21N3O/c1-9(2)12-7-13(15-8-14-12)16-10-4-5-11(6-10)17-3/h7-11H,4-6H2,1-3H3,(H,14,15,16). The number of ether oxygens (including phenoxy) is 1. The summed E-state index contributed by atoms with van der Waals surface area (Å²) >= 11 is 0. The maximum Gasteiger partial charge on any atom is 0.129 e. The maximum atomic E-state index is 5.37. The van der Waals surface area contributed by atoms with Crippen molar-refractivity contribution in [3.63, 3.8) is 0 Å². The minimum atomic E-state index is 0.402. The van der Waals surface area contributed by atoms with E-state index in [9.17, 15) is 0 Å². The SMILES string of the molecule is COC1CCC(Nc2cc(C(C)C)ncn2)C1. The van der Waals surface area contributed by atoms with Crippen molar-refractivity contribution < 1.29 is 4.74 Å². The second kappa shape index (κ2) is 5.45. The lowest BCUT2D eigenvalue weighted by molar-refractivity contribution is 0.108. The molecular formula is C13H21N3O. The molecule has 0 saturated heterocycles. The van der Waals surface area contributed by atoms with E-state index in [-0.39, 0.29) is 0 Å². The Labute approximate surface area is 103 Å². The molecule has 0 spiro atoms. The minimum Gasteiger partial charge on any atom is -0.381 e. The Kier molecular flexibility index (Phi) is 3.94. The predicted octanol–water partition coefficient (Wildman–Crippen LogP) is 2.58. The predicted molar refractivity (Wildman–Crippen MR) is 68.2 cm³/mol. The molecule has 1 N–H and O–H groups in total. The molecule has 0 aromatic carbocycles. The second-order valence-electron chi connectivity index (χ2n) is 4.99. The van der Waals surface area contributed by atoms with E-state index in [4.69, 9.17) is 4.74 Å². The van der Waals surface area contributed by atoms with Gasteiger partial charge in [0, 0.05) is 24.9 Å². The molecule has 0 amide bonds. The lowest BCUT2D eigenvalue weighted by Crippen LogP contribution is -2.18. The lowest BCUT2D eigenvalue weighted by atomic mass is 10.1. The highest BCUT2D eigenvalue weighted by atomic mass is 16.5. The highest BCUT2D eigenvalue weighted by Crippen LogP contribution is 2.24. The van der Waals surface area contributed by atoms with Crippen molar-refractivity contribution in [2.24, 2.45) is 0 Å². The quantitative estimate of drug-likeness (QED) is 0.871. The van der Waals surface area contributed by atoms with Crippen LogP contribution in [0.3, 0.4) is 0 Å². The van der Waals surface area contributed by atoms with Crippen molar-refractivity contribution in [1.29, 1.82) is 0 Å². The molecule has 1 aliphatic rings. The molecule has 1 fully saturated rings. The number of methoxy groups -OCH3 is 1. The zero-order chi connectivity index (χ0) is 12.3. The number of nitrogens with zero attached hydrogens (tertiary/aromatic N) is 2. The largest absolute Gasteiger partial charge is 0.381 e. The first-order valence-electron chi connectivity index (χ1n) is 6.30. The molecule has 0 radical (unpaired) electrons. The van der Waals surface area contributed by atoms with Crippen molar-refractivity contribution >= 4 is 5.82 Å². The van der Waals surface area contributed by atoms with Gasteiger partial charge in [-0.3, -0.25) is 0 Å². The molecular weight excluding hydrogens is 214 g/mol. The fraction of sp³-hybridized carbons (Fsp3) is 0.692. The van der Waals surface area contributed by atoms with Gasteiger partial charge in [-0.05, 0) is 25.2 Å². The highest BCUT2D eigenvalue weighted by molar-refractivity contribution is 5.37. The summed E-state index contributed by atoms with van der Waals surface area (Å²) in [5.41, 5.74) is 1.09. The van der Waals surface area contributed by atoms with Crippen molar-refractivity contribution in [3.8, 4) is 0 Å². The molecule has 94 valence electrons. The summed E-state index contributed by atoms with van der Waals surface area (Å²) < 4.78 is 5.37. The number of hydrogen-bond donors (Lipinski definition) is 1. The number of rotatable bonds is 4. The van der Waals surface area contributed by atoms with Gasteiger partial charge < -0.3 is 10.1 Å². The Morgan fingerprint density at radius 1 is 1.35 bits per heavy atom. The van der Waals surface area contributed by atoms with E-state index >= 15 is 0 Å². The monoisotopic (exact) mass is 235 g/mol. The fourth-order valence-electron chi connectivity index (χ4n) is 2.26. The minimum absolute atomic E-state index is 0.402. The van der Waals surface area contributed by atoms with Crippen LogP contribution in [-0.2, 0) is 4.74 Å². The first-order chi connectivity index (χ1) is 8.19. The van der Waals surface area contributed by atoms with Gasteiger partial charge in [0.2, 0.25) is 0 Å². The van der Waals surface area contributed by atoms with E-state index in [0.717, 1.165) is 30.8 Å². The second-order valence-corrected chi connectivity index (χ2v) is 4.99. The van der Waals surface area contributed by atoms with Gasteiger partial charge in [0.1, 0.15) is 12.1 Å². The fourth-order valence-corrected chi connectivity index (χ4v) is 2.26. The van der Waals surface area contributed by atoms with E-state index in [1.807, 2.05) is 6.07 Å². The molecule has 2 atom stereocenters. The van der Waals surface area contributed by atoms with E-state index < -0.39 is 0 Å². The average molecular weight is 235 g/mol. The van der Waals surface area contributed by atoms with Crippen LogP contribution in [0.15, 0.2) is 12.4 Å². The third kappa shape index (κ3) is 3.16. The van der Waals surface area contributed by atoms with Crippen LogP contribution in [0.4, 0.5) is 5.82 Å². The van der Waals surface area contributed by atoms with Gasteiger partial charge in [0.05, 0.1) is 6.10 Å². The van der Waals surface area contributed by atoms with E-state index in [2.05, 4.69) is 29.1 Å². The first-order valence-corrected chi connectivity index (χ1v) is 6.30. The molecule has 1 saturated carbocycles. The van der Waals surface area contributed by atoms with Crippen molar-refractivity contribution in [3.05, 3.63) is 18.1 Å². The Bertz CT molecular complexity index is 367. The molecule has 1 aromatic rings. The normalized spacial score (nSPS) is 24.2. The van der Waals surface area contributed by atoms with Crippen molar-refractivity contribution in [1.82, 2.24) is 9.97 Å². The van der Waals surface area contributed by atoms with Crippen LogP contribution in [-0.4, -0.2) is 29.2 Å². The number of aromatic nitrogens is 2. The molecule has 4 heteroatoms. The van der Waals surface area contributed by atoms with Crippen molar-refractivity contribution in [2.75, 3.05) is 12.4 Å².